The summed E-state index contributed by atoms with van der Waals surface area (Å²) in [4.78, 5) is 0. The summed E-state index contributed by atoms with van der Waals surface area (Å²) in [5.41, 5.74) is 8.71. The fourth-order valence-electron chi connectivity index (χ4n) is 3.02. The predicted molar refractivity (Wildman–Crippen MR) is 82.3 cm³/mol. The van der Waals surface area contributed by atoms with E-state index in [1.54, 1.807) is 19.2 Å². The lowest BCUT2D eigenvalue weighted by Gasteiger charge is -2.23. The maximum Gasteiger partial charge on any atom is 0.119 e. The molecule has 110 valence electrons. The highest BCUT2D eigenvalue weighted by atomic mass is 16.5. The molecule has 3 unspecified atom stereocenters. The maximum absolute atomic E-state index is 10.3. The highest BCUT2D eigenvalue weighted by molar-refractivity contribution is 5.44. The number of rotatable bonds is 3. The van der Waals surface area contributed by atoms with Crippen LogP contribution in [0, 0.1) is 0 Å². The van der Waals surface area contributed by atoms with Crippen LogP contribution < -0.4 is 15.6 Å². The van der Waals surface area contributed by atoms with E-state index in [9.17, 15) is 5.11 Å². The van der Waals surface area contributed by atoms with Crippen LogP contribution in [0.4, 0.5) is 0 Å². The molecular formula is C17H20N2O2. The van der Waals surface area contributed by atoms with Crippen molar-refractivity contribution in [2.75, 3.05) is 7.11 Å². The van der Waals surface area contributed by atoms with Gasteiger partial charge in [0.2, 0.25) is 0 Å². The second-order valence-corrected chi connectivity index (χ2v) is 5.42. The molecule has 0 aromatic heterocycles. The Morgan fingerprint density at radius 2 is 1.81 bits per heavy atom. The van der Waals surface area contributed by atoms with E-state index in [2.05, 4.69) is 29.9 Å². The molecule has 1 aliphatic heterocycles. The molecule has 3 atom stereocenters. The van der Waals surface area contributed by atoms with Gasteiger partial charge in [-0.25, -0.2) is 5.43 Å². The Labute approximate surface area is 124 Å². The summed E-state index contributed by atoms with van der Waals surface area (Å²) < 4.78 is 5.29. The molecule has 0 bridgehead atoms. The molecule has 0 spiro atoms. The number of nitrogens with one attached hydrogen (secondary N) is 2. The first-order valence-electron chi connectivity index (χ1n) is 7.13. The number of hydrogen-bond donors (Lipinski definition) is 3. The molecule has 1 heterocycles. The average Bonchev–Trinajstić information content (AvgIpc) is 2.90. The van der Waals surface area contributed by atoms with E-state index in [4.69, 9.17) is 4.74 Å². The molecule has 3 rings (SSSR count). The van der Waals surface area contributed by atoms with Crippen molar-refractivity contribution in [2.24, 2.45) is 0 Å². The summed E-state index contributed by atoms with van der Waals surface area (Å²) in [5, 5.41) is 10.3. The van der Waals surface area contributed by atoms with Crippen LogP contribution in [0.2, 0.25) is 0 Å². The Balaban J connectivity index is 2.02. The number of hydrogen-bond acceptors (Lipinski definition) is 4. The van der Waals surface area contributed by atoms with Gasteiger partial charge < -0.3 is 9.84 Å². The summed E-state index contributed by atoms with van der Waals surface area (Å²) in [5.74, 6) is 1.19. The topological polar surface area (TPSA) is 53.5 Å². The van der Waals surface area contributed by atoms with Crippen LogP contribution in [0.25, 0.3) is 0 Å². The van der Waals surface area contributed by atoms with Crippen LogP contribution in [-0.2, 0) is 0 Å². The molecule has 3 N–H and O–H groups in total. The molecular weight excluding hydrogens is 264 g/mol. The number of phenols is 1. The average molecular weight is 284 g/mol. The van der Waals surface area contributed by atoms with Crippen molar-refractivity contribution in [3.05, 3.63) is 59.7 Å². The molecule has 1 saturated heterocycles. The molecule has 4 heteroatoms. The summed E-state index contributed by atoms with van der Waals surface area (Å²) in [6.07, 6.45) is 0. The van der Waals surface area contributed by atoms with Gasteiger partial charge in [-0.3, -0.25) is 5.43 Å². The van der Waals surface area contributed by atoms with Crippen LogP contribution in [0.1, 0.15) is 30.0 Å². The first-order valence-corrected chi connectivity index (χ1v) is 7.13. The van der Waals surface area contributed by atoms with Crippen molar-refractivity contribution in [3.63, 3.8) is 0 Å². The van der Waals surface area contributed by atoms with Gasteiger partial charge in [0.1, 0.15) is 11.5 Å². The Hall–Kier alpha value is -2.04. The van der Waals surface area contributed by atoms with Gasteiger partial charge in [-0.05, 0) is 30.7 Å². The molecule has 0 saturated carbocycles. The van der Waals surface area contributed by atoms with Crippen molar-refractivity contribution in [3.8, 4) is 11.5 Å². The molecule has 21 heavy (non-hydrogen) atoms. The van der Waals surface area contributed by atoms with Gasteiger partial charge in [0.25, 0.3) is 0 Å². The minimum absolute atomic E-state index is 0.110. The van der Waals surface area contributed by atoms with E-state index in [0.717, 1.165) is 11.3 Å². The third-order valence-corrected chi connectivity index (χ3v) is 4.12. The van der Waals surface area contributed by atoms with E-state index < -0.39 is 0 Å². The van der Waals surface area contributed by atoms with Crippen molar-refractivity contribution in [1.29, 1.82) is 0 Å². The molecule has 0 aliphatic carbocycles. The van der Waals surface area contributed by atoms with Crippen LogP contribution in [-0.4, -0.2) is 18.3 Å². The van der Waals surface area contributed by atoms with Crippen molar-refractivity contribution in [2.45, 2.75) is 24.9 Å². The SMILES string of the molecule is COc1ccc(O)c(C2C(C)NNC2c2ccccc2)c1. The minimum Gasteiger partial charge on any atom is -0.508 e. The standard InChI is InChI=1S/C17H20N2O2/c1-11-16(14-10-13(21-2)8-9-15(14)20)17(19-18-11)12-6-4-3-5-7-12/h3-11,16-20H,1-2H3. The van der Waals surface area contributed by atoms with Gasteiger partial charge in [-0.15, -0.1) is 0 Å². The normalized spacial score (nSPS) is 25.0. The smallest absolute Gasteiger partial charge is 0.119 e. The quantitative estimate of drug-likeness (QED) is 0.811. The number of benzene rings is 2. The molecule has 2 aromatic carbocycles. The summed E-state index contributed by atoms with van der Waals surface area (Å²) in [6, 6.07) is 16.0. The zero-order valence-corrected chi connectivity index (χ0v) is 12.2. The van der Waals surface area contributed by atoms with Gasteiger partial charge in [-0.1, -0.05) is 30.3 Å². The second-order valence-electron chi connectivity index (χ2n) is 5.42. The van der Waals surface area contributed by atoms with Crippen LogP contribution >= 0.6 is 0 Å². The summed E-state index contributed by atoms with van der Waals surface area (Å²) >= 11 is 0. The molecule has 1 fully saturated rings. The summed E-state index contributed by atoms with van der Waals surface area (Å²) in [6.45, 7) is 2.11. The first kappa shape index (κ1) is 13.9. The van der Waals surface area contributed by atoms with Gasteiger partial charge in [0.15, 0.2) is 0 Å². The highest BCUT2D eigenvalue weighted by Gasteiger charge is 2.36. The Morgan fingerprint density at radius 1 is 1.05 bits per heavy atom. The Morgan fingerprint density at radius 3 is 2.52 bits per heavy atom. The lowest BCUT2D eigenvalue weighted by Crippen LogP contribution is -2.29. The van der Waals surface area contributed by atoms with Crippen molar-refractivity contribution in [1.82, 2.24) is 10.9 Å². The molecule has 1 aliphatic rings. The zero-order valence-electron chi connectivity index (χ0n) is 12.2. The monoisotopic (exact) mass is 284 g/mol. The zero-order chi connectivity index (χ0) is 14.8. The third kappa shape index (κ3) is 2.60. The minimum atomic E-state index is 0.110. The summed E-state index contributed by atoms with van der Waals surface area (Å²) in [7, 11) is 1.64. The first-order chi connectivity index (χ1) is 10.2. The lowest BCUT2D eigenvalue weighted by molar-refractivity contribution is 0.407. The fraction of sp³-hybridized carbons (Fsp3) is 0.294. The molecule has 0 amide bonds. The largest absolute Gasteiger partial charge is 0.508 e. The van der Waals surface area contributed by atoms with Crippen LogP contribution in [0.3, 0.4) is 0 Å². The lowest BCUT2D eigenvalue weighted by atomic mass is 9.84. The van der Waals surface area contributed by atoms with E-state index in [1.807, 2.05) is 24.3 Å². The number of hydrazine groups is 1. The van der Waals surface area contributed by atoms with Crippen molar-refractivity contribution < 1.29 is 9.84 Å². The van der Waals surface area contributed by atoms with Crippen molar-refractivity contribution >= 4 is 0 Å². The van der Waals surface area contributed by atoms with Crippen LogP contribution in [0.5, 0.6) is 11.5 Å². The van der Waals surface area contributed by atoms with Gasteiger partial charge >= 0.3 is 0 Å². The highest BCUT2D eigenvalue weighted by Crippen LogP contribution is 2.41. The number of aromatic hydroxyl groups is 1. The van der Waals surface area contributed by atoms with Gasteiger partial charge in [0, 0.05) is 17.5 Å². The Kier molecular flexibility index (Phi) is 3.82. The van der Waals surface area contributed by atoms with Gasteiger partial charge in [-0.2, -0.15) is 0 Å². The maximum atomic E-state index is 10.3. The fourth-order valence-corrected chi connectivity index (χ4v) is 3.02. The number of ether oxygens (including phenoxy) is 1. The van der Waals surface area contributed by atoms with E-state index in [1.165, 1.54) is 5.56 Å². The van der Waals surface area contributed by atoms with Gasteiger partial charge in [0.05, 0.1) is 13.2 Å². The molecule has 0 radical (unpaired) electrons. The predicted octanol–water partition coefficient (Wildman–Crippen LogP) is 2.72. The number of phenolic OH excluding ortho intramolecular Hbond substituents is 1. The third-order valence-electron chi connectivity index (χ3n) is 4.12. The second kappa shape index (κ2) is 5.76. The van der Waals surface area contributed by atoms with Crippen LogP contribution in [0.15, 0.2) is 48.5 Å². The number of methoxy groups -OCH3 is 1. The van der Waals surface area contributed by atoms with E-state index in [0.29, 0.717) is 5.75 Å². The molecule has 2 aromatic rings. The van der Waals surface area contributed by atoms with E-state index >= 15 is 0 Å². The molecule has 4 nitrogen and oxygen atoms in total. The van der Waals surface area contributed by atoms with E-state index in [-0.39, 0.29) is 18.0 Å². The Bertz CT molecular complexity index is 615.